The van der Waals surface area contributed by atoms with Gasteiger partial charge >= 0.3 is 0 Å². The molecule has 0 fully saturated rings. The first kappa shape index (κ1) is 52.3. The van der Waals surface area contributed by atoms with Gasteiger partial charge in [-0.05, 0) is 30.4 Å². The number of carbonyl (C=O) groups excluding carboxylic acids is 1. The Morgan fingerprint density at radius 1 is 0.518 bits per heavy atom. The molecule has 0 saturated carbocycles. The summed E-state index contributed by atoms with van der Waals surface area (Å²) in [6.07, 6.45) is 46.3. The van der Waals surface area contributed by atoms with Crippen molar-refractivity contribution in [1.29, 1.82) is 0 Å². The molecule has 6 nitrogen and oxygen atoms in total. The molecule has 0 saturated heterocycles. The third kappa shape index (κ3) is 34.3. The van der Waals surface area contributed by atoms with Gasteiger partial charge in [0, 0.05) is 30.8 Å². The van der Waals surface area contributed by atoms with Crippen LogP contribution in [0.3, 0.4) is 0 Å². The molecule has 0 amide bonds. The van der Waals surface area contributed by atoms with Crippen LogP contribution in [-0.2, 0) is 20.7 Å². The summed E-state index contributed by atoms with van der Waals surface area (Å²) in [7, 11) is 0. The Morgan fingerprint density at radius 2 is 0.857 bits per heavy atom. The number of unbranched alkanes of at least 4 members (excludes halogenated alkanes) is 30. The Balaban J connectivity index is 0.000000920. The highest BCUT2D eigenvalue weighted by atomic mass is 16.5. The van der Waals surface area contributed by atoms with Crippen molar-refractivity contribution in [3.05, 3.63) is 36.0 Å². The largest absolute Gasteiger partial charge is 0.380 e. The van der Waals surface area contributed by atoms with Crippen molar-refractivity contribution in [2.75, 3.05) is 26.4 Å². The van der Waals surface area contributed by atoms with Crippen LogP contribution in [-0.4, -0.2) is 49.8 Å². The second-order valence-electron chi connectivity index (χ2n) is 16.9. The van der Waals surface area contributed by atoms with E-state index in [4.69, 9.17) is 20.9 Å². The minimum atomic E-state index is -0.414. The molecular formula is C50H93N3O3. The summed E-state index contributed by atoms with van der Waals surface area (Å²) in [6.45, 7) is 7.57. The van der Waals surface area contributed by atoms with E-state index in [1.807, 2.05) is 30.3 Å². The van der Waals surface area contributed by atoms with Crippen molar-refractivity contribution in [3.8, 4) is 0 Å². The average molecular weight is 784 g/mol. The molecule has 326 valence electrons. The van der Waals surface area contributed by atoms with Crippen LogP contribution in [0.2, 0.25) is 0 Å². The maximum Gasteiger partial charge on any atom is 0.137 e. The number of carbonyl (C=O) groups is 1. The lowest BCUT2D eigenvalue weighted by Crippen LogP contribution is -2.31. The third-order valence-electron chi connectivity index (χ3n) is 11.2. The lowest BCUT2D eigenvalue weighted by atomic mass is 10.0. The number of fused-ring (bicyclic) bond motifs is 1. The lowest BCUT2D eigenvalue weighted by Gasteiger charge is -2.13. The summed E-state index contributed by atoms with van der Waals surface area (Å²) in [4.78, 5) is 13.6. The minimum Gasteiger partial charge on any atom is -0.380 e. The number of H-pyrrole nitrogens is 1. The molecule has 56 heavy (non-hydrogen) atoms. The Kier molecular flexibility index (Phi) is 38.7. The van der Waals surface area contributed by atoms with Gasteiger partial charge in [-0.2, -0.15) is 0 Å². The molecule has 1 atom stereocenters. The van der Waals surface area contributed by atoms with Gasteiger partial charge in [0.2, 0.25) is 0 Å². The number of aromatic nitrogens is 1. The molecule has 0 spiro atoms. The fourth-order valence-corrected chi connectivity index (χ4v) is 7.57. The Bertz CT molecular complexity index is 1000. The molecule has 1 unspecified atom stereocenters. The first-order chi connectivity index (χ1) is 27.6. The third-order valence-corrected chi connectivity index (χ3v) is 11.2. The van der Waals surface area contributed by atoms with E-state index in [0.29, 0.717) is 19.6 Å². The summed E-state index contributed by atoms with van der Waals surface area (Å²) in [5, 5.41) is 1.15. The van der Waals surface area contributed by atoms with Crippen molar-refractivity contribution in [2.45, 2.75) is 238 Å². The smallest absolute Gasteiger partial charge is 0.137 e. The molecule has 1 aromatic carbocycles. The van der Waals surface area contributed by atoms with E-state index in [9.17, 15) is 4.79 Å². The molecule has 2 rings (SSSR count). The summed E-state index contributed by atoms with van der Waals surface area (Å²) < 4.78 is 11.6. The van der Waals surface area contributed by atoms with E-state index in [-0.39, 0.29) is 6.04 Å². The highest BCUT2D eigenvalue weighted by molar-refractivity contribution is 5.80. The van der Waals surface area contributed by atoms with Crippen LogP contribution >= 0.6 is 0 Å². The Labute approximate surface area is 347 Å². The van der Waals surface area contributed by atoms with Crippen LogP contribution in [0, 0.1) is 0 Å². The standard InChI is InChI=1S/C39H81NO2.C11H12N2O/c1-3-5-7-9-11-13-15-17-19-21-23-25-27-29-31-33-35-41-37-39(40)38-42-36-34-32-30-28-26-24-22-20-18-16-14-12-10-8-6-4-2;12-9(7-14)6-10-5-8-3-1-2-4-11(8)13-10/h39H,3-38,40H2,1-2H3;1-5,7,9,13H,6,12H2. The number of para-hydroxylation sites is 1. The van der Waals surface area contributed by atoms with Crippen LogP contribution < -0.4 is 11.5 Å². The zero-order valence-electron chi connectivity index (χ0n) is 37.2. The van der Waals surface area contributed by atoms with E-state index in [1.165, 1.54) is 205 Å². The topological polar surface area (TPSA) is 103 Å². The number of aldehydes is 1. The van der Waals surface area contributed by atoms with E-state index in [1.54, 1.807) is 0 Å². The number of aromatic amines is 1. The predicted octanol–water partition coefficient (Wildman–Crippen LogP) is 14.1. The molecule has 0 aliphatic carbocycles. The summed E-state index contributed by atoms with van der Waals surface area (Å²) in [5.74, 6) is 0. The minimum absolute atomic E-state index is 0.0205. The number of hydrogen-bond acceptors (Lipinski definition) is 5. The van der Waals surface area contributed by atoms with Crippen LogP contribution in [0.5, 0.6) is 0 Å². The second-order valence-corrected chi connectivity index (χ2v) is 16.9. The normalized spacial score (nSPS) is 12.0. The summed E-state index contributed by atoms with van der Waals surface area (Å²) in [6, 6.07) is 9.63. The number of rotatable bonds is 41. The number of hydrogen-bond donors (Lipinski definition) is 3. The number of nitrogens with one attached hydrogen (secondary N) is 1. The zero-order chi connectivity index (χ0) is 40.4. The monoisotopic (exact) mass is 784 g/mol. The van der Waals surface area contributed by atoms with E-state index in [0.717, 1.165) is 36.1 Å². The van der Waals surface area contributed by atoms with Gasteiger partial charge in [0.1, 0.15) is 6.29 Å². The van der Waals surface area contributed by atoms with E-state index in [2.05, 4.69) is 18.8 Å². The van der Waals surface area contributed by atoms with Gasteiger partial charge in [-0.3, -0.25) is 0 Å². The molecule has 0 radical (unpaired) electrons. The molecule has 0 aliphatic heterocycles. The molecule has 1 aromatic heterocycles. The van der Waals surface area contributed by atoms with Gasteiger partial charge in [-0.1, -0.05) is 225 Å². The Hall–Kier alpha value is -1.73. The van der Waals surface area contributed by atoms with E-state index < -0.39 is 6.04 Å². The summed E-state index contributed by atoms with van der Waals surface area (Å²) >= 11 is 0. The number of nitrogens with two attached hydrogens (primary N) is 2. The van der Waals surface area contributed by atoms with Gasteiger partial charge < -0.3 is 30.7 Å². The maximum atomic E-state index is 10.4. The van der Waals surface area contributed by atoms with Crippen LogP contribution in [0.15, 0.2) is 30.3 Å². The first-order valence-electron chi connectivity index (χ1n) is 24.3. The molecule has 0 bridgehead atoms. The van der Waals surface area contributed by atoms with Gasteiger partial charge in [0.05, 0.1) is 25.3 Å². The maximum absolute atomic E-state index is 10.4. The number of benzene rings is 1. The quantitative estimate of drug-likeness (QED) is 0.0460. The Morgan fingerprint density at radius 3 is 1.20 bits per heavy atom. The average Bonchev–Trinajstić information content (AvgIpc) is 3.62. The molecule has 6 heteroatoms. The molecule has 0 aliphatic rings. The SMILES string of the molecule is CCCCCCCCCCCCCCCCCCOCC(N)COCCCCCCCCCCCCCCCCCC.NC(C=O)Cc1cc2ccccc2[nH]1. The van der Waals surface area contributed by atoms with Crippen molar-refractivity contribution < 1.29 is 14.3 Å². The fourth-order valence-electron chi connectivity index (χ4n) is 7.57. The van der Waals surface area contributed by atoms with Crippen molar-refractivity contribution >= 4 is 17.2 Å². The van der Waals surface area contributed by atoms with Gasteiger partial charge in [-0.25, -0.2) is 0 Å². The van der Waals surface area contributed by atoms with Crippen LogP contribution in [0.4, 0.5) is 0 Å². The van der Waals surface area contributed by atoms with E-state index >= 15 is 0 Å². The van der Waals surface area contributed by atoms with Gasteiger partial charge in [0.15, 0.2) is 0 Å². The van der Waals surface area contributed by atoms with Crippen LogP contribution in [0.1, 0.15) is 225 Å². The van der Waals surface area contributed by atoms with Crippen molar-refractivity contribution in [3.63, 3.8) is 0 Å². The van der Waals surface area contributed by atoms with Crippen molar-refractivity contribution in [2.24, 2.45) is 11.5 Å². The van der Waals surface area contributed by atoms with Crippen LogP contribution in [0.25, 0.3) is 10.9 Å². The lowest BCUT2D eigenvalue weighted by molar-refractivity contribution is -0.108. The molecule has 2 aromatic rings. The second kappa shape index (κ2) is 41.4. The number of ether oxygens (including phenoxy) is 2. The molecule has 1 heterocycles. The molecule has 5 N–H and O–H groups in total. The van der Waals surface area contributed by atoms with Gasteiger partial charge in [-0.15, -0.1) is 0 Å². The van der Waals surface area contributed by atoms with Gasteiger partial charge in [0.25, 0.3) is 0 Å². The highest BCUT2D eigenvalue weighted by Gasteiger charge is 2.05. The highest BCUT2D eigenvalue weighted by Crippen LogP contribution is 2.17. The zero-order valence-corrected chi connectivity index (χ0v) is 37.2. The predicted molar refractivity (Wildman–Crippen MR) is 245 cm³/mol. The summed E-state index contributed by atoms with van der Waals surface area (Å²) in [5.41, 5.74) is 13.8. The van der Waals surface area contributed by atoms with Crippen molar-refractivity contribution in [1.82, 2.24) is 4.98 Å². The fraction of sp³-hybridized carbons (Fsp3) is 0.820. The molecular weight excluding hydrogens is 691 g/mol. The first-order valence-corrected chi connectivity index (χ1v) is 24.3.